The minimum absolute atomic E-state index is 0.249. The summed E-state index contributed by atoms with van der Waals surface area (Å²) in [5.74, 6) is -0.428. The number of carbonyl (C=O) groups excluding carboxylic acids is 1. The van der Waals surface area contributed by atoms with Crippen LogP contribution in [0.2, 0.25) is 20.1 Å². The number of nitrogens with zero attached hydrogens (tertiary/aromatic N) is 1. The van der Waals surface area contributed by atoms with Crippen LogP contribution in [-0.4, -0.2) is 10.9 Å². The summed E-state index contributed by atoms with van der Waals surface area (Å²) in [6.45, 7) is 1.78. The second kappa shape index (κ2) is 6.19. The number of hydrogen-bond acceptors (Lipinski definition) is 2. The Morgan fingerprint density at radius 2 is 1.65 bits per heavy atom. The first-order chi connectivity index (χ1) is 9.38. The van der Waals surface area contributed by atoms with Crippen molar-refractivity contribution < 1.29 is 4.79 Å². The molecule has 1 amide bonds. The number of anilines is 1. The number of aryl methyl sites for hydroxylation is 1. The molecule has 104 valence electrons. The zero-order chi connectivity index (χ0) is 14.9. The largest absolute Gasteiger partial charge is 0.320 e. The van der Waals surface area contributed by atoms with Gasteiger partial charge in [0.15, 0.2) is 0 Å². The average Bonchev–Trinajstić information content (AvgIpc) is 2.35. The summed E-state index contributed by atoms with van der Waals surface area (Å²) in [7, 11) is 0. The highest BCUT2D eigenvalue weighted by atomic mass is 35.5. The van der Waals surface area contributed by atoms with E-state index in [2.05, 4.69) is 10.3 Å². The van der Waals surface area contributed by atoms with Crippen LogP contribution in [0.5, 0.6) is 0 Å². The lowest BCUT2D eigenvalue weighted by Gasteiger charge is -2.09. The Balaban J connectivity index is 2.30. The Bertz CT molecular complexity index is 688. The van der Waals surface area contributed by atoms with Crippen molar-refractivity contribution in [3.8, 4) is 0 Å². The zero-order valence-corrected chi connectivity index (χ0v) is 13.2. The van der Waals surface area contributed by atoms with Gasteiger partial charge in [-0.25, -0.2) is 0 Å². The van der Waals surface area contributed by atoms with Gasteiger partial charge < -0.3 is 5.32 Å². The van der Waals surface area contributed by atoms with Crippen molar-refractivity contribution in [2.45, 2.75) is 6.92 Å². The highest BCUT2D eigenvalue weighted by Crippen LogP contribution is 2.32. The van der Waals surface area contributed by atoms with Gasteiger partial charge in [0.05, 0.1) is 31.3 Å². The smallest absolute Gasteiger partial charge is 0.258 e. The van der Waals surface area contributed by atoms with Crippen molar-refractivity contribution in [3.63, 3.8) is 0 Å². The summed E-state index contributed by atoms with van der Waals surface area (Å²) in [5, 5.41) is 3.81. The Kier molecular flexibility index (Phi) is 4.76. The number of nitrogens with one attached hydrogen (secondary N) is 1. The van der Waals surface area contributed by atoms with Crippen LogP contribution in [-0.2, 0) is 0 Å². The predicted molar refractivity (Wildman–Crippen MR) is 83.4 cm³/mol. The molecule has 1 aromatic heterocycles. The number of benzene rings is 1. The fraction of sp³-hybridized carbons (Fsp3) is 0.0769. The van der Waals surface area contributed by atoms with E-state index in [9.17, 15) is 4.79 Å². The SMILES string of the molecule is Cc1cc(Cl)c(C(=O)Nc2cc(Cl)c(Cl)cc2Cl)cn1. The molecule has 20 heavy (non-hydrogen) atoms. The van der Waals surface area contributed by atoms with Gasteiger partial charge in [-0.05, 0) is 25.1 Å². The molecule has 1 aromatic carbocycles. The Labute approximate surface area is 135 Å². The van der Waals surface area contributed by atoms with Crippen molar-refractivity contribution >= 4 is 58.0 Å². The third-order valence-corrected chi connectivity index (χ3v) is 3.84. The van der Waals surface area contributed by atoms with Crippen molar-refractivity contribution in [2.75, 3.05) is 5.32 Å². The van der Waals surface area contributed by atoms with Gasteiger partial charge in [0.25, 0.3) is 5.91 Å². The minimum atomic E-state index is -0.428. The Morgan fingerprint density at radius 1 is 1.00 bits per heavy atom. The van der Waals surface area contributed by atoms with Gasteiger partial charge >= 0.3 is 0 Å². The van der Waals surface area contributed by atoms with Crippen LogP contribution in [0.15, 0.2) is 24.4 Å². The molecule has 0 atom stereocenters. The van der Waals surface area contributed by atoms with E-state index in [0.717, 1.165) is 5.69 Å². The van der Waals surface area contributed by atoms with Crippen molar-refractivity contribution in [3.05, 3.63) is 55.7 Å². The molecule has 0 radical (unpaired) electrons. The average molecular weight is 350 g/mol. The standard InChI is InChI=1S/C13H8Cl4N2O/c1-6-2-8(14)7(5-18-6)13(20)19-12-4-10(16)9(15)3-11(12)17/h2-5H,1H3,(H,19,20). The van der Waals surface area contributed by atoms with Gasteiger partial charge in [0.1, 0.15) is 0 Å². The summed E-state index contributed by atoms with van der Waals surface area (Å²) in [6.07, 6.45) is 1.40. The molecule has 0 saturated heterocycles. The first kappa shape index (κ1) is 15.4. The lowest BCUT2D eigenvalue weighted by molar-refractivity contribution is 0.102. The van der Waals surface area contributed by atoms with E-state index in [1.807, 2.05) is 0 Å². The molecular formula is C13H8Cl4N2O. The molecule has 0 aliphatic carbocycles. The molecule has 0 saturated carbocycles. The lowest BCUT2D eigenvalue weighted by atomic mass is 10.2. The molecule has 1 heterocycles. The molecule has 0 fully saturated rings. The van der Waals surface area contributed by atoms with Crippen LogP contribution >= 0.6 is 46.4 Å². The summed E-state index contributed by atoms with van der Waals surface area (Å²) in [6, 6.07) is 4.53. The second-order valence-electron chi connectivity index (χ2n) is 4.01. The van der Waals surface area contributed by atoms with Crippen LogP contribution in [0.3, 0.4) is 0 Å². The maximum atomic E-state index is 12.1. The van der Waals surface area contributed by atoms with Gasteiger partial charge in [-0.3, -0.25) is 9.78 Å². The Morgan fingerprint density at radius 3 is 2.30 bits per heavy atom. The third-order valence-electron chi connectivity index (χ3n) is 2.49. The van der Waals surface area contributed by atoms with Gasteiger partial charge in [0.2, 0.25) is 0 Å². The van der Waals surface area contributed by atoms with Crippen molar-refractivity contribution in [1.82, 2.24) is 4.98 Å². The van der Waals surface area contributed by atoms with Crippen LogP contribution in [0, 0.1) is 6.92 Å². The van der Waals surface area contributed by atoms with Crippen LogP contribution in [0.1, 0.15) is 16.1 Å². The van der Waals surface area contributed by atoms with E-state index in [4.69, 9.17) is 46.4 Å². The number of amides is 1. The van der Waals surface area contributed by atoms with Gasteiger partial charge in [-0.1, -0.05) is 46.4 Å². The first-order valence-corrected chi connectivity index (χ1v) is 6.97. The van der Waals surface area contributed by atoms with Gasteiger partial charge in [-0.2, -0.15) is 0 Å². The molecule has 3 nitrogen and oxygen atoms in total. The summed E-state index contributed by atoms with van der Waals surface area (Å²) >= 11 is 23.7. The fourth-order valence-corrected chi connectivity index (χ4v) is 2.39. The first-order valence-electron chi connectivity index (χ1n) is 5.46. The maximum absolute atomic E-state index is 12.1. The molecule has 2 aromatic rings. The number of pyridine rings is 1. The van der Waals surface area contributed by atoms with Crippen LogP contribution in [0.25, 0.3) is 0 Å². The topological polar surface area (TPSA) is 42.0 Å². The van der Waals surface area contributed by atoms with E-state index in [1.165, 1.54) is 18.3 Å². The molecule has 0 unspecified atom stereocenters. The molecule has 0 aliphatic heterocycles. The third kappa shape index (κ3) is 3.36. The van der Waals surface area contributed by atoms with Crippen LogP contribution in [0.4, 0.5) is 5.69 Å². The second-order valence-corrected chi connectivity index (χ2v) is 5.63. The molecule has 0 spiro atoms. The van der Waals surface area contributed by atoms with Crippen molar-refractivity contribution in [2.24, 2.45) is 0 Å². The number of rotatable bonds is 2. The Hall–Kier alpha value is -1.00. The molecule has 0 aliphatic rings. The quantitative estimate of drug-likeness (QED) is 0.751. The van der Waals surface area contributed by atoms with Gasteiger partial charge in [0, 0.05) is 11.9 Å². The zero-order valence-electron chi connectivity index (χ0n) is 10.2. The maximum Gasteiger partial charge on any atom is 0.258 e. The summed E-state index contributed by atoms with van der Waals surface area (Å²) in [5.41, 5.74) is 1.32. The molecule has 0 bridgehead atoms. The van der Waals surface area contributed by atoms with Gasteiger partial charge in [-0.15, -0.1) is 0 Å². The predicted octanol–water partition coefficient (Wildman–Crippen LogP) is 5.26. The highest BCUT2D eigenvalue weighted by Gasteiger charge is 2.14. The molecule has 7 heteroatoms. The molecular weight excluding hydrogens is 342 g/mol. The summed E-state index contributed by atoms with van der Waals surface area (Å²) < 4.78 is 0. The molecule has 2 rings (SSSR count). The van der Waals surface area contributed by atoms with E-state index in [1.54, 1.807) is 13.0 Å². The fourth-order valence-electron chi connectivity index (χ4n) is 1.50. The number of carbonyl (C=O) groups is 1. The van der Waals surface area contributed by atoms with E-state index in [0.29, 0.717) is 20.8 Å². The minimum Gasteiger partial charge on any atom is -0.320 e. The normalized spacial score (nSPS) is 10.4. The van der Waals surface area contributed by atoms with E-state index < -0.39 is 5.91 Å². The number of aromatic nitrogens is 1. The monoisotopic (exact) mass is 348 g/mol. The van der Waals surface area contributed by atoms with Crippen LogP contribution < -0.4 is 5.32 Å². The van der Waals surface area contributed by atoms with E-state index in [-0.39, 0.29) is 10.6 Å². The summed E-state index contributed by atoms with van der Waals surface area (Å²) in [4.78, 5) is 16.2. The molecule has 1 N–H and O–H groups in total. The van der Waals surface area contributed by atoms with Crippen molar-refractivity contribution in [1.29, 1.82) is 0 Å². The number of hydrogen-bond donors (Lipinski definition) is 1. The number of halogens is 4. The highest BCUT2D eigenvalue weighted by molar-refractivity contribution is 6.44. The van der Waals surface area contributed by atoms with E-state index >= 15 is 0 Å². The lowest BCUT2D eigenvalue weighted by Crippen LogP contribution is -2.13.